The van der Waals surface area contributed by atoms with Crippen LogP contribution in [-0.4, -0.2) is 8.42 Å². The molecule has 106 valence electrons. The molecule has 0 aliphatic carbocycles. The molecule has 0 radical (unpaired) electrons. The normalized spacial score (nSPS) is 11.6. The smallest absolute Gasteiger partial charge is 0.184 e. The highest BCUT2D eigenvalue weighted by molar-refractivity contribution is 9.10. The highest BCUT2D eigenvalue weighted by Gasteiger charge is 2.20. The summed E-state index contributed by atoms with van der Waals surface area (Å²) in [5.74, 6) is -0.257. The van der Waals surface area contributed by atoms with E-state index in [4.69, 9.17) is 28.9 Å². The number of hydrogen-bond acceptors (Lipinski definition) is 3. The molecular weight excluding hydrogens is 385 g/mol. The van der Waals surface area contributed by atoms with E-state index in [1.54, 1.807) is 24.3 Å². The van der Waals surface area contributed by atoms with Gasteiger partial charge in [-0.15, -0.1) is 0 Å². The zero-order valence-electron chi connectivity index (χ0n) is 10.1. The zero-order chi connectivity index (χ0) is 14.9. The van der Waals surface area contributed by atoms with Crippen LogP contribution in [0.5, 0.6) is 0 Å². The molecule has 2 aromatic rings. The van der Waals surface area contributed by atoms with Crippen molar-refractivity contribution in [3.63, 3.8) is 0 Å². The first kappa shape index (κ1) is 15.6. The molecule has 2 rings (SSSR count). The maximum Gasteiger partial charge on any atom is 0.184 e. The van der Waals surface area contributed by atoms with Crippen molar-refractivity contribution in [1.29, 1.82) is 0 Å². The number of nitrogen functional groups attached to an aromatic ring is 1. The molecule has 0 aliphatic heterocycles. The van der Waals surface area contributed by atoms with Crippen molar-refractivity contribution in [2.75, 3.05) is 5.73 Å². The molecule has 0 amide bonds. The van der Waals surface area contributed by atoms with Crippen molar-refractivity contribution in [2.24, 2.45) is 0 Å². The lowest BCUT2D eigenvalue weighted by Crippen LogP contribution is -2.08. The second kappa shape index (κ2) is 5.93. The molecule has 20 heavy (non-hydrogen) atoms. The third-order valence-electron chi connectivity index (χ3n) is 2.69. The van der Waals surface area contributed by atoms with Crippen molar-refractivity contribution in [3.8, 4) is 0 Å². The van der Waals surface area contributed by atoms with Crippen LogP contribution in [0.2, 0.25) is 10.0 Å². The van der Waals surface area contributed by atoms with Gasteiger partial charge in [-0.25, -0.2) is 8.42 Å². The van der Waals surface area contributed by atoms with E-state index in [0.29, 0.717) is 15.1 Å². The summed E-state index contributed by atoms with van der Waals surface area (Å²) in [6.45, 7) is 0. The molecule has 0 atom stereocenters. The van der Waals surface area contributed by atoms with Gasteiger partial charge in [0.25, 0.3) is 0 Å². The molecule has 0 aromatic heterocycles. The predicted octanol–water partition coefficient (Wildman–Crippen LogP) is 4.31. The number of rotatable bonds is 3. The molecule has 2 N–H and O–H groups in total. The van der Waals surface area contributed by atoms with Gasteiger partial charge in [-0.1, -0.05) is 51.3 Å². The molecule has 3 nitrogen and oxygen atoms in total. The van der Waals surface area contributed by atoms with Gasteiger partial charge in [0.2, 0.25) is 0 Å². The summed E-state index contributed by atoms with van der Waals surface area (Å²) in [5.41, 5.74) is 6.38. The summed E-state index contributed by atoms with van der Waals surface area (Å²) in [6.07, 6.45) is 0. The van der Waals surface area contributed by atoms with E-state index in [2.05, 4.69) is 15.9 Å². The predicted molar refractivity (Wildman–Crippen MR) is 85.9 cm³/mol. The standard InChI is InChI=1S/C13H10BrCl2NO2S/c14-9-4-5-11(17)12(6-9)20(18,19)7-8-2-1-3-10(15)13(8)16/h1-6H,7,17H2. The minimum absolute atomic E-state index is 0.0721. The molecule has 0 fully saturated rings. The monoisotopic (exact) mass is 393 g/mol. The van der Waals surface area contributed by atoms with Crippen molar-refractivity contribution in [1.82, 2.24) is 0 Å². The molecule has 2 aromatic carbocycles. The van der Waals surface area contributed by atoms with E-state index < -0.39 is 9.84 Å². The summed E-state index contributed by atoms with van der Waals surface area (Å²) in [6, 6.07) is 9.58. The Morgan fingerprint density at radius 1 is 1.15 bits per heavy atom. The van der Waals surface area contributed by atoms with Crippen LogP contribution in [0.4, 0.5) is 5.69 Å². The summed E-state index contributed by atoms with van der Waals surface area (Å²) >= 11 is 15.1. The fourth-order valence-corrected chi connectivity index (χ4v) is 4.24. The first-order valence-corrected chi connectivity index (χ1v) is 8.72. The number of halogens is 3. The van der Waals surface area contributed by atoms with Gasteiger partial charge in [0.05, 0.1) is 26.4 Å². The van der Waals surface area contributed by atoms with Crippen LogP contribution in [0.1, 0.15) is 5.56 Å². The van der Waals surface area contributed by atoms with Crippen molar-refractivity contribution in [2.45, 2.75) is 10.6 Å². The van der Waals surface area contributed by atoms with Crippen LogP contribution in [0.3, 0.4) is 0 Å². The first-order chi connectivity index (χ1) is 9.31. The van der Waals surface area contributed by atoms with Gasteiger partial charge in [0.1, 0.15) is 0 Å². The van der Waals surface area contributed by atoms with E-state index in [0.717, 1.165) is 0 Å². The summed E-state index contributed by atoms with van der Waals surface area (Å²) in [5, 5.41) is 0.563. The largest absolute Gasteiger partial charge is 0.398 e. The number of benzene rings is 2. The number of nitrogens with two attached hydrogens (primary N) is 1. The van der Waals surface area contributed by atoms with Gasteiger partial charge < -0.3 is 5.73 Å². The maximum absolute atomic E-state index is 12.4. The Morgan fingerprint density at radius 3 is 2.55 bits per heavy atom. The summed E-state index contributed by atoms with van der Waals surface area (Å²) in [4.78, 5) is 0.0721. The SMILES string of the molecule is Nc1ccc(Br)cc1S(=O)(=O)Cc1cccc(Cl)c1Cl. The van der Waals surface area contributed by atoms with E-state index in [-0.39, 0.29) is 21.4 Å². The van der Waals surface area contributed by atoms with Gasteiger partial charge in [-0.3, -0.25) is 0 Å². The average molecular weight is 395 g/mol. The molecule has 0 saturated carbocycles. The molecular formula is C13H10BrCl2NO2S. The van der Waals surface area contributed by atoms with E-state index >= 15 is 0 Å². The minimum atomic E-state index is -3.60. The van der Waals surface area contributed by atoms with Crippen LogP contribution >= 0.6 is 39.1 Å². The van der Waals surface area contributed by atoms with Crippen LogP contribution < -0.4 is 5.73 Å². The lowest BCUT2D eigenvalue weighted by molar-refractivity contribution is 0.595. The summed E-state index contributed by atoms with van der Waals surface area (Å²) < 4.78 is 25.5. The fourth-order valence-electron chi connectivity index (χ4n) is 1.72. The molecule has 7 heteroatoms. The van der Waals surface area contributed by atoms with Crippen LogP contribution in [0.25, 0.3) is 0 Å². The quantitative estimate of drug-likeness (QED) is 0.789. The first-order valence-electron chi connectivity index (χ1n) is 5.52. The third kappa shape index (κ3) is 3.28. The third-order valence-corrected chi connectivity index (χ3v) is 5.75. The molecule has 0 heterocycles. The van der Waals surface area contributed by atoms with Gasteiger partial charge in [-0.2, -0.15) is 0 Å². The van der Waals surface area contributed by atoms with E-state index in [1.807, 2.05) is 0 Å². The zero-order valence-corrected chi connectivity index (χ0v) is 14.0. The molecule has 0 spiro atoms. The van der Waals surface area contributed by atoms with Crippen molar-refractivity contribution < 1.29 is 8.42 Å². The van der Waals surface area contributed by atoms with E-state index in [9.17, 15) is 8.42 Å². The van der Waals surface area contributed by atoms with Gasteiger partial charge >= 0.3 is 0 Å². The number of hydrogen-bond donors (Lipinski definition) is 1. The fraction of sp³-hybridized carbons (Fsp3) is 0.0769. The Hall–Kier alpha value is -0.750. The minimum Gasteiger partial charge on any atom is -0.398 e. The highest BCUT2D eigenvalue weighted by atomic mass is 79.9. The Kier molecular flexibility index (Phi) is 4.64. The average Bonchev–Trinajstić information content (AvgIpc) is 2.37. The van der Waals surface area contributed by atoms with Crippen LogP contribution in [-0.2, 0) is 15.6 Å². The number of sulfone groups is 1. The topological polar surface area (TPSA) is 60.2 Å². The molecule has 0 aliphatic rings. The van der Waals surface area contributed by atoms with Crippen LogP contribution in [0.15, 0.2) is 45.8 Å². The van der Waals surface area contributed by atoms with Crippen molar-refractivity contribution in [3.05, 3.63) is 56.5 Å². The Labute approximate surface area is 135 Å². The molecule has 0 saturated heterocycles. The molecule has 0 unspecified atom stereocenters. The molecule has 0 bridgehead atoms. The second-order valence-electron chi connectivity index (χ2n) is 4.15. The Bertz CT molecular complexity index is 763. The summed E-state index contributed by atoms with van der Waals surface area (Å²) in [7, 11) is -3.60. The lowest BCUT2D eigenvalue weighted by Gasteiger charge is -2.10. The van der Waals surface area contributed by atoms with Gasteiger partial charge in [-0.05, 0) is 29.8 Å². The second-order valence-corrected chi connectivity index (χ2v) is 7.81. The van der Waals surface area contributed by atoms with Crippen molar-refractivity contribution >= 4 is 54.7 Å². The Morgan fingerprint density at radius 2 is 1.85 bits per heavy atom. The lowest BCUT2D eigenvalue weighted by atomic mass is 10.2. The van der Waals surface area contributed by atoms with Gasteiger partial charge in [0.15, 0.2) is 9.84 Å². The van der Waals surface area contributed by atoms with E-state index in [1.165, 1.54) is 12.1 Å². The number of anilines is 1. The Balaban J connectivity index is 2.46. The maximum atomic E-state index is 12.4. The van der Waals surface area contributed by atoms with Crippen LogP contribution in [0, 0.1) is 0 Å². The van der Waals surface area contributed by atoms with Gasteiger partial charge in [0, 0.05) is 4.47 Å². The highest BCUT2D eigenvalue weighted by Crippen LogP contribution is 2.31.